The second-order valence-corrected chi connectivity index (χ2v) is 6.06. The van der Waals surface area contributed by atoms with Crippen molar-refractivity contribution in [3.63, 3.8) is 0 Å². The maximum Gasteiger partial charge on any atom is 0.120 e. The first-order valence-electron chi connectivity index (χ1n) is 7.61. The molecule has 1 aromatic heterocycles. The van der Waals surface area contributed by atoms with E-state index in [2.05, 4.69) is 23.5 Å². The predicted molar refractivity (Wildman–Crippen MR) is 85.2 cm³/mol. The van der Waals surface area contributed by atoms with Gasteiger partial charge in [-0.15, -0.1) is 0 Å². The summed E-state index contributed by atoms with van der Waals surface area (Å²) in [5, 5.41) is 22.7. The Balaban J connectivity index is 1.86. The minimum atomic E-state index is -0.369. The molecule has 3 rings (SSSR count). The van der Waals surface area contributed by atoms with Gasteiger partial charge in [0.15, 0.2) is 0 Å². The molecule has 0 aliphatic heterocycles. The normalized spacial score (nSPS) is 19.9. The van der Waals surface area contributed by atoms with Crippen molar-refractivity contribution < 1.29 is 5.11 Å². The number of benzene rings is 1. The van der Waals surface area contributed by atoms with E-state index in [9.17, 15) is 5.11 Å². The lowest BCUT2D eigenvalue weighted by Crippen LogP contribution is -2.43. The summed E-state index contributed by atoms with van der Waals surface area (Å²) in [5.41, 5.74) is 5.00. The smallest absolute Gasteiger partial charge is 0.120 e. The highest BCUT2D eigenvalue weighted by Gasteiger charge is 2.37. The van der Waals surface area contributed by atoms with Gasteiger partial charge in [-0.25, -0.2) is 0 Å². The number of nitriles is 1. The summed E-state index contributed by atoms with van der Waals surface area (Å²) in [6, 6.07) is 12.4. The summed E-state index contributed by atoms with van der Waals surface area (Å²) >= 11 is 0. The minimum Gasteiger partial charge on any atom is -0.394 e. The lowest BCUT2D eigenvalue weighted by atomic mass is 9.92. The van der Waals surface area contributed by atoms with E-state index in [4.69, 9.17) is 5.26 Å². The monoisotopic (exact) mass is 295 g/mol. The topological polar surface area (TPSA) is 61.0 Å². The fourth-order valence-electron chi connectivity index (χ4n) is 3.40. The molecule has 0 spiro atoms. The Bertz CT molecular complexity index is 741. The van der Waals surface area contributed by atoms with E-state index in [0.29, 0.717) is 12.2 Å². The maximum atomic E-state index is 10.00. The van der Waals surface area contributed by atoms with Gasteiger partial charge in [0.05, 0.1) is 12.1 Å². The summed E-state index contributed by atoms with van der Waals surface area (Å²) in [5.74, 6) is 0. The first-order chi connectivity index (χ1) is 10.6. The first-order valence-corrected chi connectivity index (χ1v) is 7.61. The predicted octanol–water partition coefficient (Wildman–Crippen LogP) is 2.13. The van der Waals surface area contributed by atoms with Crippen molar-refractivity contribution >= 4 is 0 Å². The van der Waals surface area contributed by atoms with E-state index in [-0.39, 0.29) is 12.1 Å². The minimum absolute atomic E-state index is 0.0843. The van der Waals surface area contributed by atoms with Gasteiger partial charge < -0.3 is 15.0 Å². The molecule has 1 atom stereocenters. The molecule has 2 aromatic rings. The number of aliphatic hydroxyl groups excluding tert-OH is 1. The molecule has 0 amide bonds. The van der Waals surface area contributed by atoms with Gasteiger partial charge in [-0.3, -0.25) is 0 Å². The third kappa shape index (κ3) is 2.23. The number of aryl methyl sites for hydroxylation is 1. The molecule has 2 N–H and O–H groups in total. The average molecular weight is 295 g/mol. The lowest BCUT2D eigenvalue weighted by molar-refractivity contribution is 0.158. The van der Waals surface area contributed by atoms with Gasteiger partial charge in [-0.1, -0.05) is 24.3 Å². The number of rotatable bonds is 4. The molecule has 22 heavy (non-hydrogen) atoms. The van der Waals surface area contributed by atoms with Crippen LogP contribution in [0, 0.1) is 18.3 Å². The van der Waals surface area contributed by atoms with Gasteiger partial charge in [-0.2, -0.15) is 5.26 Å². The molecule has 0 saturated heterocycles. The molecule has 0 saturated carbocycles. The summed E-state index contributed by atoms with van der Waals surface area (Å²) < 4.78 is 1.91. The van der Waals surface area contributed by atoms with Crippen LogP contribution in [0.1, 0.15) is 34.5 Å². The van der Waals surface area contributed by atoms with E-state index in [1.54, 1.807) is 0 Å². The third-order valence-electron chi connectivity index (χ3n) is 5.00. The zero-order valence-electron chi connectivity index (χ0n) is 13.1. The zero-order valence-corrected chi connectivity index (χ0v) is 13.1. The first kappa shape index (κ1) is 14.8. The van der Waals surface area contributed by atoms with Gasteiger partial charge >= 0.3 is 0 Å². The number of nitrogens with zero attached hydrogens (tertiary/aromatic N) is 2. The molecule has 1 aliphatic rings. The van der Waals surface area contributed by atoms with Crippen molar-refractivity contribution in [3.8, 4) is 6.07 Å². The van der Waals surface area contributed by atoms with Crippen LogP contribution in [0.3, 0.4) is 0 Å². The highest BCUT2D eigenvalue weighted by Crippen LogP contribution is 2.36. The molecule has 4 heteroatoms. The molecule has 1 unspecified atom stereocenters. The van der Waals surface area contributed by atoms with Crippen LogP contribution >= 0.6 is 0 Å². The number of hydrogen-bond donors (Lipinski definition) is 2. The SMILES string of the molecule is Cc1c(CNC2(CO)CCc3ccccc32)cc(C#N)n1C. The second kappa shape index (κ2) is 5.60. The van der Waals surface area contributed by atoms with E-state index < -0.39 is 0 Å². The fraction of sp³-hybridized carbons (Fsp3) is 0.389. The number of fused-ring (bicyclic) bond motifs is 1. The molecule has 1 heterocycles. The van der Waals surface area contributed by atoms with E-state index in [1.807, 2.05) is 36.7 Å². The van der Waals surface area contributed by atoms with Crippen molar-refractivity contribution in [3.05, 3.63) is 58.4 Å². The standard InChI is InChI=1S/C18H21N3O/c1-13-15(9-16(10-19)21(13)2)11-20-18(12-22)8-7-14-5-3-4-6-17(14)18/h3-6,9,20,22H,7-8,11-12H2,1-2H3. The van der Waals surface area contributed by atoms with Crippen LogP contribution < -0.4 is 5.32 Å². The Kier molecular flexibility index (Phi) is 3.78. The maximum absolute atomic E-state index is 10.00. The molecule has 1 aliphatic carbocycles. The van der Waals surface area contributed by atoms with Gasteiger partial charge in [0.1, 0.15) is 11.8 Å². The number of aromatic nitrogens is 1. The highest BCUT2D eigenvalue weighted by molar-refractivity contribution is 5.40. The van der Waals surface area contributed by atoms with Gasteiger partial charge in [0.25, 0.3) is 0 Å². The number of nitrogens with one attached hydrogen (secondary N) is 1. The fourth-order valence-corrected chi connectivity index (χ4v) is 3.40. The molecule has 1 aromatic carbocycles. The number of hydrogen-bond acceptors (Lipinski definition) is 3. The molecule has 114 valence electrons. The van der Waals surface area contributed by atoms with E-state index in [0.717, 1.165) is 24.1 Å². The van der Waals surface area contributed by atoms with Crippen molar-refractivity contribution in [1.82, 2.24) is 9.88 Å². The largest absolute Gasteiger partial charge is 0.394 e. The van der Waals surface area contributed by atoms with Crippen LogP contribution in [0.5, 0.6) is 0 Å². The van der Waals surface area contributed by atoms with Crippen LogP contribution in [0.25, 0.3) is 0 Å². The quantitative estimate of drug-likeness (QED) is 0.908. The Morgan fingerprint density at radius 1 is 1.41 bits per heavy atom. The van der Waals surface area contributed by atoms with Gasteiger partial charge in [0, 0.05) is 19.3 Å². The number of aliphatic hydroxyl groups is 1. The van der Waals surface area contributed by atoms with E-state index >= 15 is 0 Å². The van der Waals surface area contributed by atoms with E-state index in [1.165, 1.54) is 11.1 Å². The molecule has 0 fully saturated rings. The Morgan fingerprint density at radius 3 is 2.86 bits per heavy atom. The third-order valence-corrected chi connectivity index (χ3v) is 5.00. The zero-order chi connectivity index (χ0) is 15.7. The summed E-state index contributed by atoms with van der Waals surface area (Å²) in [6.07, 6.45) is 1.89. The van der Waals surface area contributed by atoms with Crippen LogP contribution in [0.15, 0.2) is 30.3 Å². The van der Waals surface area contributed by atoms with Crippen molar-refractivity contribution in [2.45, 2.75) is 31.8 Å². The highest BCUT2D eigenvalue weighted by atomic mass is 16.3. The van der Waals surface area contributed by atoms with Crippen molar-refractivity contribution in [2.24, 2.45) is 7.05 Å². The van der Waals surface area contributed by atoms with Crippen LogP contribution in [0.2, 0.25) is 0 Å². The molecule has 0 radical (unpaired) electrons. The van der Waals surface area contributed by atoms with Gasteiger partial charge in [0.2, 0.25) is 0 Å². The van der Waals surface area contributed by atoms with Crippen LogP contribution in [-0.2, 0) is 25.6 Å². The summed E-state index contributed by atoms with van der Waals surface area (Å²) in [4.78, 5) is 0. The second-order valence-electron chi connectivity index (χ2n) is 6.06. The Hall–Kier alpha value is -2.09. The molecular formula is C18H21N3O. The average Bonchev–Trinajstić information content (AvgIpc) is 3.06. The van der Waals surface area contributed by atoms with Crippen molar-refractivity contribution in [1.29, 1.82) is 5.26 Å². The molecule has 4 nitrogen and oxygen atoms in total. The van der Waals surface area contributed by atoms with Crippen LogP contribution in [-0.4, -0.2) is 16.3 Å². The van der Waals surface area contributed by atoms with Crippen molar-refractivity contribution in [2.75, 3.05) is 6.61 Å². The van der Waals surface area contributed by atoms with Crippen LogP contribution in [0.4, 0.5) is 0 Å². The molecular weight excluding hydrogens is 274 g/mol. The summed E-state index contributed by atoms with van der Waals surface area (Å²) in [6.45, 7) is 2.75. The summed E-state index contributed by atoms with van der Waals surface area (Å²) in [7, 11) is 1.91. The Labute approximate surface area is 131 Å². The lowest BCUT2D eigenvalue weighted by Gasteiger charge is -2.30. The Morgan fingerprint density at radius 2 is 2.18 bits per heavy atom. The molecule has 0 bridgehead atoms. The van der Waals surface area contributed by atoms with Gasteiger partial charge in [-0.05, 0) is 42.5 Å².